The monoisotopic (exact) mass is 173 g/mol. The number of morpholine rings is 1. The minimum absolute atomic E-state index is 0.0350. The molecular formula is C9H19NO2. The van der Waals surface area contributed by atoms with Crippen molar-refractivity contribution in [3.63, 3.8) is 0 Å². The fraction of sp³-hybridized carbons (Fsp3) is 1.00. The second-order valence-corrected chi connectivity index (χ2v) is 3.48. The molecule has 0 saturated carbocycles. The quantitative estimate of drug-likeness (QED) is 0.673. The Labute approximate surface area is 74.3 Å². The van der Waals surface area contributed by atoms with E-state index in [4.69, 9.17) is 9.84 Å². The van der Waals surface area contributed by atoms with Crippen LogP contribution in [0.25, 0.3) is 0 Å². The molecule has 3 heteroatoms. The molecule has 3 nitrogen and oxygen atoms in total. The van der Waals surface area contributed by atoms with Crippen molar-refractivity contribution in [3.05, 3.63) is 0 Å². The highest BCUT2D eigenvalue weighted by Gasteiger charge is 2.24. The normalized spacial score (nSPS) is 32.2. The van der Waals surface area contributed by atoms with Crippen LogP contribution in [0.1, 0.15) is 20.3 Å². The molecular weight excluding hydrogens is 154 g/mol. The highest BCUT2D eigenvalue weighted by molar-refractivity contribution is 4.76. The lowest BCUT2D eigenvalue weighted by Gasteiger charge is -2.37. The van der Waals surface area contributed by atoms with E-state index >= 15 is 0 Å². The van der Waals surface area contributed by atoms with Crippen LogP contribution in [0.5, 0.6) is 0 Å². The predicted octanol–water partition coefficient (Wildman–Crippen LogP) is 0.478. The molecule has 0 amide bonds. The van der Waals surface area contributed by atoms with Crippen LogP contribution < -0.4 is 0 Å². The molecule has 1 aliphatic heterocycles. The SMILES string of the molecule is CCCN1CC(CO)OCC1C. The maximum atomic E-state index is 8.91. The van der Waals surface area contributed by atoms with Crippen LogP contribution >= 0.6 is 0 Å². The third-order valence-electron chi connectivity index (χ3n) is 2.35. The van der Waals surface area contributed by atoms with Crippen molar-refractivity contribution < 1.29 is 9.84 Å². The lowest BCUT2D eigenvalue weighted by molar-refractivity contribution is -0.0775. The standard InChI is InChI=1S/C9H19NO2/c1-3-4-10-5-9(6-11)12-7-8(10)2/h8-9,11H,3-7H2,1-2H3. The predicted molar refractivity (Wildman–Crippen MR) is 48.2 cm³/mol. The van der Waals surface area contributed by atoms with E-state index in [1.165, 1.54) is 6.42 Å². The first kappa shape index (κ1) is 9.96. The van der Waals surface area contributed by atoms with Crippen LogP contribution in [-0.4, -0.2) is 48.5 Å². The van der Waals surface area contributed by atoms with Crippen molar-refractivity contribution in [1.29, 1.82) is 0 Å². The molecule has 0 radical (unpaired) electrons. The zero-order chi connectivity index (χ0) is 8.97. The van der Waals surface area contributed by atoms with E-state index in [9.17, 15) is 0 Å². The van der Waals surface area contributed by atoms with Crippen LogP contribution in [0.2, 0.25) is 0 Å². The average molecular weight is 173 g/mol. The van der Waals surface area contributed by atoms with Gasteiger partial charge in [-0.15, -0.1) is 0 Å². The Hall–Kier alpha value is -0.120. The summed E-state index contributed by atoms with van der Waals surface area (Å²) >= 11 is 0. The zero-order valence-corrected chi connectivity index (χ0v) is 7.99. The van der Waals surface area contributed by atoms with Gasteiger partial charge in [-0.3, -0.25) is 4.90 Å². The van der Waals surface area contributed by atoms with Gasteiger partial charge in [0.1, 0.15) is 0 Å². The minimum Gasteiger partial charge on any atom is -0.394 e. The van der Waals surface area contributed by atoms with Crippen LogP contribution in [0.4, 0.5) is 0 Å². The van der Waals surface area contributed by atoms with E-state index in [2.05, 4.69) is 18.7 Å². The Balaban J connectivity index is 2.36. The van der Waals surface area contributed by atoms with Crippen molar-refractivity contribution in [2.24, 2.45) is 0 Å². The van der Waals surface area contributed by atoms with Gasteiger partial charge >= 0.3 is 0 Å². The second kappa shape index (κ2) is 4.80. The van der Waals surface area contributed by atoms with E-state index < -0.39 is 0 Å². The summed E-state index contributed by atoms with van der Waals surface area (Å²) < 4.78 is 5.42. The molecule has 0 bridgehead atoms. The van der Waals surface area contributed by atoms with Crippen molar-refractivity contribution >= 4 is 0 Å². The molecule has 0 aliphatic carbocycles. The van der Waals surface area contributed by atoms with Crippen molar-refractivity contribution in [2.75, 3.05) is 26.3 Å². The fourth-order valence-electron chi connectivity index (χ4n) is 1.58. The molecule has 72 valence electrons. The van der Waals surface area contributed by atoms with Crippen LogP contribution in [0, 0.1) is 0 Å². The van der Waals surface area contributed by atoms with Gasteiger partial charge < -0.3 is 9.84 Å². The molecule has 2 unspecified atom stereocenters. The molecule has 1 aliphatic rings. The van der Waals surface area contributed by atoms with Crippen LogP contribution in [-0.2, 0) is 4.74 Å². The maximum absolute atomic E-state index is 8.91. The van der Waals surface area contributed by atoms with Crippen molar-refractivity contribution in [1.82, 2.24) is 4.90 Å². The third-order valence-corrected chi connectivity index (χ3v) is 2.35. The topological polar surface area (TPSA) is 32.7 Å². The number of ether oxygens (including phenoxy) is 1. The largest absolute Gasteiger partial charge is 0.394 e. The Bertz CT molecular complexity index is 130. The van der Waals surface area contributed by atoms with E-state index in [0.29, 0.717) is 6.04 Å². The number of hydrogen-bond acceptors (Lipinski definition) is 3. The lowest BCUT2D eigenvalue weighted by Crippen LogP contribution is -2.49. The number of nitrogens with zero attached hydrogens (tertiary/aromatic N) is 1. The first-order chi connectivity index (χ1) is 5.77. The summed E-state index contributed by atoms with van der Waals surface area (Å²) in [5, 5.41) is 8.91. The van der Waals surface area contributed by atoms with Gasteiger partial charge in [0.2, 0.25) is 0 Å². The van der Waals surface area contributed by atoms with Gasteiger partial charge in [0.25, 0.3) is 0 Å². The summed E-state index contributed by atoms with van der Waals surface area (Å²) in [6, 6.07) is 0.507. The summed E-state index contributed by atoms with van der Waals surface area (Å²) in [6.45, 7) is 7.24. The van der Waals surface area contributed by atoms with Crippen LogP contribution in [0.15, 0.2) is 0 Å². The van der Waals surface area contributed by atoms with Crippen molar-refractivity contribution in [3.8, 4) is 0 Å². The summed E-state index contributed by atoms with van der Waals surface area (Å²) in [5.74, 6) is 0. The minimum atomic E-state index is 0.0350. The summed E-state index contributed by atoms with van der Waals surface area (Å²) in [5.41, 5.74) is 0. The molecule has 0 aromatic carbocycles. The summed E-state index contributed by atoms with van der Waals surface area (Å²) in [6.07, 6.45) is 1.20. The molecule has 1 rings (SSSR count). The fourth-order valence-corrected chi connectivity index (χ4v) is 1.58. The number of aliphatic hydroxyl groups is 1. The van der Waals surface area contributed by atoms with E-state index in [1.54, 1.807) is 0 Å². The Kier molecular flexibility index (Phi) is 3.98. The maximum Gasteiger partial charge on any atom is 0.0933 e. The van der Waals surface area contributed by atoms with E-state index in [0.717, 1.165) is 19.7 Å². The molecule has 1 heterocycles. The molecule has 1 N–H and O–H groups in total. The number of hydrogen-bond donors (Lipinski definition) is 1. The third kappa shape index (κ3) is 2.44. The molecule has 12 heavy (non-hydrogen) atoms. The van der Waals surface area contributed by atoms with E-state index in [-0.39, 0.29) is 12.7 Å². The second-order valence-electron chi connectivity index (χ2n) is 3.48. The highest BCUT2D eigenvalue weighted by Crippen LogP contribution is 2.11. The molecule has 2 atom stereocenters. The lowest BCUT2D eigenvalue weighted by atomic mass is 10.2. The first-order valence-corrected chi connectivity index (χ1v) is 4.74. The van der Waals surface area contributed by atoms with Crippen LogP contribution in [0.3, 0.4) is 0 Å². The number of rotatable bonds is 3. The molecule has 1 fully saturated rings. The summed E-state index contributed by atoms with van der Waals surface area (Å²) in [7, 11) is 0. The number of aliphatic hydroxyl groups excluding tert-OH is 1. The molecule has 0 aromatic heterocycles. The van der Waals surface area contributed by atoms with E-state index in [1.807, 2.05) is 0 Å². The molecule has 1 saturated heterocycles. The Morgan fingerprint density at radius 1 is 1.58 bits per heavy atom. The van der Waals surface area contributed by atoms with Gasteiger partial charge in [0.15, 0.2) is 0 Å². The zero-order valence-electron chi connectivity index (χ0n) is 7.99. The highest BCUT2D eigenvalue weighted by atomic mass is 16.5. The Morgan fingerprint density at radius 3 is 2.92 bits per heavy atom. The van der Waals surface area contributed by atoms with Gasteiger partial charge in [-0.1, -0.05) is 6.92 Å². The van der Waals surface area contributed by atoms with Gasteiger partial charge in [-0.25, -0.2) is 0 Å². The van der Waals surface area contributed by atoms with Gasteiger partial charge in [0, 0.05) is 12.6 Å². The van der Waals surface area contributed by atoms with Gasteiger partial charge in [0.05, 0.1) is 19.3 Å². The molecule has 0 spiro atoms. The van der Waals surface area contributed by atoms with Gasteiger partial charge in [-0.05, 0) is 19.9 Å². The molecule has 0 aromatic rings. The van der Waals surface area contributed by atoms with Gasteiger partial charge in [-0.2, -0.15) is 0 Å². The average Bonchev–Trinajstić information content (AvgIpc) is 2.09. The smallest absolute Gasteiger partial charge is 0.0933 e. The van der Waals surface area contributed by atoms with Crippen molar-refractivity contribution in [2.45, 2.75) is 32.4 Å². The summed E-state index contributed by atoms with van der Waals surface area (Å²) in [4.78, 5) is 2.38. The first-order valence-electron chi connectivity index (χ1n) is 4.74. The Morgan fingerprint density at radius 2 is 2.33 bits per heavy atom.